The predicted octanol–water partition coefficient (Wildman–Crippen LogP) is 5.58. The van der Waals surface area contributed by atoms with E-state index in [1.165, 1.54) is 41.9 Å². The quantitative estimate of drug-likeness (QED) is 0.221. The van der Waals surface area contributed by atoms with E-state index in [1.807, 2.05) is 13.0 Å². The van der Waals surface area contributed by atoms with Crippen LogP contribution in [0.5, 0.6) is 5.75 Å². The lowest BCUT2D eigenvalue weighted by Gasteiger charge is -2.18. The molecule has 0 bridgehead atoms. The highest BCUT2D eigenvalue weighted by Gasteiger charge is 2.24. The first-order valence-corrected chi connectivity index (χ1v) is 11.5. The van der Waals surface area contributed by atoms with Crippen LogP contribution in [0.2, 0.25) is 0 Å². The highest BCUT2D eigenvalue weighted by atomic mass is 79.9. The van der Waals surface area contributed by atoms with Crippen molar-refractivity contribution in [1.29, 1.82) is 5.26 Å². The second kappa shape index (κ2) is 9.66. The molecule has 0 amide bonds. The van der Waals surface area contributed by atoms with Gasteiger partial charge in [0.15, 0.2) is 6.20 Å². The molecular formula is C22H16BrFN6O3S. The van der Waals surface area contributed by atoms with Gasteiger partial charge in [-0.15, -0.1) is 11.3 Å². The summed E-state index contributed by atoms with van der Waals surface area (Å²) >= 11 is 4.71. The number of aromatic nitrogens is 4. The minimum atomic E-state index is -0.759. The molecule has 0 aliphatic carbocycles. The molecule has 12 heteroatoms. The van der Waals surface area contributed by atoms with Gasteiger partial charge in [-0.05, 0) is 57.9 Å². The number of halogens is 2. The third kappa shape index (κ3) is 4.95. The molecule has 3 aromatic heterocycles. The first-order valence-electron chi connectivity index (χ1n) is 9.90. The summed E-state index contributed by atoms with van der Waals surface area (Å²) in [5, 5.41) is 25.4. The van der Waals surface area contributed by atoms with Crippen molar-refractivity contribution in [3.05, 3.63) is 84.3 Å². The summed E-state index contributed by atoms with van der Waals surface area (Å²) in [4.78, 5) is 20.1. The molecule has 0 radical (unpaired) electrons. The van der Waals surface area contributed by atoms with E-state index in [0.717, 1.165) is 9.88 Å². The Labute approximate surface area is 205 Å². The Morgan fingerprint density at radius 1 is 1.38 bits per heavy atom. The van der Waals surface area contributed by atoms with Crippen LogP contribution in [0.25, 0.3) is 11.3 Å². The standard InChI is InChI=1S/C22H16BrFN6O3S/c1-12(33-19-5-15(23)9-26-22(19)30(31)32)18-6-16(24)3-4-17(18)21-20(34-13(2)28-21)11-29-10-14(7-25)8-27-29/h3-6,8-10,12H,11H2,1-2H3. The van der Waals surface area contributed by atoms with E-state index in [1.54, 1.807) is 23.9 Å². The lowest BCUT2D eigenvalue weighted by molar-refractivity contribution is -0.390. The smallest absolute Gasteiger partial charge is 0.406 e. The molecule has 0 spiro atoms. The maximum Gasteiger partial charge on any atom is 0.406 e. The highest BCUT2D eigenvalue weighted by molar-refractivity contribution is 9.10. The first kappa shape index (κ1) is 23.5. The van der Waals surface area contributed by atoms with Crippen molar-refractivity contribution in [2.45, 2.75) is 26.5 Å². The van der Waals surface area contributed by atoms with Crippen LogP contribution < -0.4 is 4.74 Å². The number of hydrogen-bond acceptors (Lipinski definition) is 8. The SMILES string of the molecule is Cc1nc(-c2ccc(F)cc2C(C)Oc2cc(Br)cnc2[N+](=O)[O-])c(Cn2cc(C#N)cn2)s1. The fourth-order valence-electron chi connectivity index (χ4n) is 3.42. The van der Waals surface area contributed by atoms with Gasteiger partial charge in [0.25, 0.3) is 0 Å². The van der Waals surface area contributed by atoms with E-state index in [4.69, 9.17) is 10.00 Å². The fourth-order valence-corrected chi connectivity index (χ4v) is 4.67. The van der Waals surface area contributed by atoms with Gasteiger partial charge in [-0.25, -0.2) is 9.37 Å². The molecule has 9 nitrogen and oxygen atoms in total. The Kier molecular flexibility index (Phi) is 6.67. The topological polar surface area (TPSA) is 120 Å². The van der Waals surface area contributed by atoms with Crippen molar-refractivity contribution in [2.24, 2.45) is 0 Å². The third-order valence-electron chi connectivity index (χ3n) is 4.86. The van der Waals surface area contributed by atoms with Gasteiger partial charge < -0.3 is 14.9 Å². The molecule has 172 valence electrons. The number of aryl methyl sites for hydroxylation is 1. The summed E-state index contributed by atoms with van der Waals surface area (Å²) in [6, 6.07) is 7.76. The van der Waals surface area contributed by atoms with Gasteiger partial charge in [0, 0.05) is 23.4 Å². The van der Waals surface area contributed by atoms with Gasteiger partial charge in [0.2, 0.25) is 5.75 Å². The van der Waals surface area contributed by atoms with Crippen LogP contribution in [0, 0.1) is 34.2 Å². The third-order valence-corrected chi connectivity index (χ3v) is 6.24. The van der Waals surface area contributed by atoms with Crippen LogP contribution in [-0.2, 0) is 6.54 Å². The average Bonchev–Trinajstić information content (AvgIpc) is 3.39. The van der Waals surface area contributed by atoms with Crippen LogP contribution in [0.15, 0.2) is 47.3 Å². The highest BCUT2D eigenvalue weighted by Crippen LogP contribution is 2.37. The van der Waals surface area contributed by atoms with Crippen molar-refractivity contribution in [2.75, 3.05) is 0 Å². The number of pyridine rings is 1. The maximum atomic E-state index is 14.3. The van der Waals surface area contributed by atoms with Crippen molar-refractivity contribution < 1.29 is 14.1 Å². The monoisotopic (exact) mass is 542 g/mol. The maximum absolute atomic E-state index is 14.3. The Hall–Kier alpha value is -3.69. The molecule has 4 aromatic rings. The molecule has 0 saturated carbocycles. The molecule has 34 heavy (non-hydrogen) atoms. The van der Waals surface area contributed by atoms with E-state index in [9.17, 15) is 14.5 Å². The summed E-state index contributed by atoms with van der Waals surface area (Å²) < 4.78 is 22.3. The Morgan fingerprint density at radius 2 is 2.18 bits per heavy atom. The van der Waals surface area contributed by atoms with E-state index in [2.05, 4.69) is 31.0 Å². The average molecular weight is 543 g/mol. The summed E-state index contributed by atoms with van der Waals surface area (Å²) in [6.07, 6.45) is 3.66. The molecule has 4 rings (SSSR count). The zero-order valence-corrected chi connectivity index (χ0v) is 20.3. The van der Waals surface area contributed by atoms with Gasteiger partial charge in [-0.2, -0.15) is 10.4 Å². The predicted molar refractivity (Wildman–Crippen MR) is 126 cm³/mol. The van der Waals surface area contributed by atoms with Gasteiger partial charge >= 0.3 is 5.82 Å². The lowest BCUT2D eigenvalue weighted by atomic mass is 9.99. The lowest BCUT2D eigenvalue weighted by Crippen LogP contribution is -2.09. The number of nitriles is 1. The molecule has 1 unspecified atom stereocenters. The molecule has 0 fully saturated rings. The van der Waals surface area contributed by atoms with Crippen molar-refractivity contribution in [3.63, 3.8) is 0 Å². The first-order chi connectivity index (χ1) is 16.2. The van der Waals surface area contributed by atoms with E-state index < -0.39 is 22.7 Å². The van der Waals surface area contributed by atoms with Crippen LogP contribution in [0.3, 0.4) is 0 Å². The largest absolute Gasteiger partial charge is 0.478 e. The van der Waals surface area contributed by atoms with Gasteiger partial charge in [-0.3, -0.25) is 4.68 Å². The number of nitrogens with zero attached hydrogens (tertiary/aromatic N) is 6. The van der Waals surface area contributed by atoms with E-state index in [0.29, 0.717) is 33.4 Å². The fraction of sp³-hybridized carbons (Fsp3) is 0.182. The van der Waals surface area contributed by atoms with Crippen LogP contribution in [0.4, 0.5) is 10.2 Å². The van der Waals surface area contributed by atoms with E-state index in [-0.39, 0.29) is 5.75 Å². The molecular weight excluding hydrogens is 527 g/mol. The summed E-state index contributed by atoms with van der Waals surface area (Å²) in [5.74, 6) is -0.960. The Bertz CT molecular complexity index is 1430. The second-order valence-electron chi connectivity index (χ2n) is 7.27. The Morgan fingerprint density at radius 3 is 2.88 bits per heavy atom. The summed E-state index contributed by atoms with van der Waals surface area (Å²) in [6.45, 7) is 3.91. The number of thiazole rings is 1. The normalized spacial score (nSPS) is 11.7. The summed E-state index contributed by atoms with van der Waals surface area (Å²) in [5.41, 5.74) is 2.17. The molecule has 0 aliphatic rings. The molecule has 3 heterocycles. The number of ether oxygens (including phenoxy) is 1. The van der Waals surface area contributed by atoms with Crippen molar-refractivity contribution in [3.8, 4) is 23.1 Å². The molecule has 1 atom stereocenters. The van der Waals surface area contributed by atoms with Crippen molar-refractivity contribution >= 4 is 33.1 Å². The molecule has 0 aliphatic heterocycles. The van der Waals surface area contributed by atoms with Crippen LogP contribution in [-0.4, -0.2) is 24.7 Å². The second-order valence-corrected chi connectivity index (χ2v) is 9.47. The molecule has 0 saturated heterocycles. The van der Waals surface area contributed by atoms with Crippen molar-refractivity contribution in [1.82, 2.24) is 19.7 Å². The van der Waals surface area contributed by atoms with Crippen LogP contribution >= 0.6 is 27.3 Å². The zero-order chi connectivity index (χ0) is 24.4. The van der Waals surface area contributed by atoms with Gasteiger partial charge in [-0.1, -0.05) is 0 Å². The van der Waals surface area contributed by atoms with Gasteiger partial charge in [0.1, 0.15) is 18.0 Å². The van der Waals surface area contributed by atoms with Crippen LogP contribution in [0.1, 0.15) is 34.0 Å². The summed E-state index contributed by atoms with van der Waals surface area (Å²) in [7, 11) is 0. The molecule has 1 aromatic carbocycles. The molecule has 0 N–H and O–H groups in total. The number of hydrogen-bond donors (Lipinski definition) is 0. The minimum absolute atomic E-state index is 0.0441. The number of nitro groups is 1. The van der Waals surface area contributed by atoms with Gasteiger partial charge in [0.05, 0.1) is 38.4 Å². The minimum Gasteiger partial charge on any atom is -0.478 e. The number of benzene rings is 1. The Balaban J connectivity index is 1.74. The van der Waals surface area contributed by atoms with E-state index >= 15 is 0 Å². The zero-order valence-electron chi connectivity index (χ0n) is 17.9. The number of rotatable bonds is 7.